The summed E-state index contributed by atoms with van der Waals surface area (Å²) in [6.07, 6.45) is 0.467. The Morgan fingerprint density at radius 2 is 1.85 bits per heavy atom. The Kier molecular flexibility index (Phi) is 8.03. The predicted molar refractivity (Wildman–Crippen MR) is 122 cm³/mol. The maximum absolute atomic E-state index is 12.3. The Hall–Kier alpha value is -3.70. The molecule has 0 spiro atoms. The number of hydrogen-bond acceptors (Lipinski definition) is 8. The molecule has 0 atom stereocenters. The first-order valence-electron chi connectivity index (χ1n) is 10.3. The minimum Gasteiger partial charge on any atom is -0.489 e. The van der Waals surface area contributed by atoms with Crippen molar-refractivity contribution in [3.8, 4) is 5.75 Å². The molecule has 34 heavy (non-hydrogen) atoms. The van der Waals surface area contributed by atoms with E-state index in [1.54, 1.807) is 37.3 Å². The number of esters is 1. The summed E-state index contributed by atoms with van der Waals surface area (Å²) in [6, 6.07) is 12.5. The SMILES string of the molecule is Cc1noc(C)c1COc1cccc(C(=O)OCC(=O)NCCc2ccc(S(N)(=O)=O)cc2)c1. The van der Waals surface area contributed by atoms with E-state index in [1.807, 2.05) is 6.92 Å². The van der Waals surface area contributed by atoms with Crippen LogP contribution in [0.2, 0.25) is 0 Å². The molecule has 0 saturated carbocycles. The van der Waals surface area contributed by atoms with Crippen molar-refractivity contribution in [2.45, 2.75) is 31.8 Å². The first kappa shape index (κ1) is 24.9. The van der Waals surface area contributed by atoms with Gasteiger partial charge in [0.25, 0.3) is 5.91 Å². The molecule has 0 radical (unpaired) electrons. The van der Waals surface area contributed by atoms with Gasteiger partial charge in [0, 0.05) is 6.54 Å². The van der Waals surface area contributed by atoms with Crippen molar-refractivity contribution in [1.29, 1.82) is 0 Å². The Balaban J connectivity index is 1.43. The van der Waals surface area contributed by atoms with Gasteiger partial charge in [0.05, 0.1) is 21.7 Å². The van der Waals surface area contributed by atoms with Gasteiger partial charge in [-0.15, -0.1) is 0 Å². The Labute approximate surface area is 197 Å². The smallest absolute Gasteiger partial charge is 0.338 e. The van der Waals surface area contributed by atoms with Crippen molar-refractivity contribution in [2.75, 3.05) is 13.2 Å². The van der Waals surface area contributed by atoms with E-state index in [2.05, 4.69) is 10.5 Å². The number of rotatable bonds is 10. The number of hydrogen-bond donors (Lipinski definition) is 2. The number of nitrogens with one attached hydrogen (secondary N) is 1. The van der Waals surface area contributed by atoms with Gasteiger partial charge in [0.2, 0.25) is 10.0 Å². The second-order valence-corrected chi connectivity index (χ2v) is 9.05. The minimum atomic E-state index is -3.74. The lowest BCUT2D eigenvalue weighted by molar-refractivity contribution is -0.124. The fourth-order valence-electron chi connectivity index (χ4n) is 3.03. The van der Waals surface area contributed by atoms with Crippen LogP contribution in [0.25, 0.3) is 0 Å². The van der Waals surface area contributed by atoms with Crippen LogP contribution in [0.1, 0.15) is 32.9 Å². The third kappa shape index (κ3) is 6.90. The van der Waals surface area contributed by atoms with Gasteiger partial charge in [-0.3, -0.25) is 4.79 Å². The number of carbonyl (C=O) groups excluding carboxylic acids is 2. The summed E-state index contributed by atoms with van der Waals surface area (Å²) in [5.41, 5.74) is 2.64. The molecule has 0 aliphatic heterocycles. The van der Waals surface area contributed by atoms with Gasteiger partial charge in [0.15, 0.2) is 6.61 Å². The molecule has 3 aromatic rings. The fourth-order valence-corrected chi connectivity index (χ4v) is 3.55. The molecular weight excluding hydrogens is 462 g/mol. The number of primary sulfonamides is 1. The van der Waals surface area contributed by atoms with Crippen molar-refractivity contribution < 1.29 is 32.0 Å². The van der Waals surface area contributed by atoms with Crippen molar-refractivity contribution in [1.82, 2.24) is 10.5 Å². The van der Waals surface area contributed by atoms with Crippen LogP contribution in [0.5, 0.6) is 5.75 Å². The van der Waals surface area contributed by atoms with Gasteiger partial charge in [-0.1, -0.05) is 23.4 Å². The largest absolute Gasteiger partial charge is 0.489 e. The van der Waals surface area contributed by atoms with Crippen LogP contribution in [0.3, 0.4) is 0 Å². The van der Waals surface area contributed by atoms with E-state index in [-0.39, 0.29) is 23.6 Å². The fraction of sp³-hybridized carbons (Fsp3) is 0.261. The number of ether oxygens (including phenoxy) is 2. The second-order valence-electron chi connectivity index (χ2n) is 7.48. The van der Waals surface area contributed by atoms with Crippen LogP contribution in [0, 0.1) is 13.8 Å². The van der Waals surface area contributed by atoms with E-state index in [1.165, 1.54) is 18.2 Å². The maximum Gasteiger partial charge on any atom is 0.338 e. The monoisotopic (exact) mass is 487 g/mol. The number of carbonyl (C=O) groups is 2. The van der Waals surface area contributed by atoms with Crippen LogP contribution in [0.4, 0.5) is 0 Å². The topological polar surface area (TPSA) is 151 Å². The van der Waals surface area contributed by atoms with Crippen molar-refractivity contribution >= 4 is 21.9 Å². The molecule has 3 rings (SSSR count). The Morgan fingerprint density at radius 1 is 1.12 bits per heavy atom. The first-order chi connectivity index (χ1) is 16.1. The molecule has 0 aliphatic carbocycles. The van der Waals surface area contributed by atoms with Crippen LogP contribution < -0.4 is 15.2 Å². The number of nitrogens with zero attached hydrogens (tertiary/aromatic N) is 1. The number of aromatic nitrogens is 1. The zero-order valence-electron chi connectivity index (χ0n) is 18.7. The highest BCUT2D eigenvalue weighted by Gasteiger charge is 2.13. The predicted octanol–water partition coefficient (Wildman–Crippen LogP) is 2.03. The molecule has 1 amide bonds. The zero-order chi connectivity index (χ0) is 24.7. The van der Waals surface area contributed by atoms with Gasteiger partial charge in [-0.25, -0.2) is 18.4 Å². The highest BCUT2D eigenvalue weighted by molar-refractivity contribution is 7.89. The lowest BCUT2D eigenvalue weighted by Crippen LogP contribution is -2.30. The summed E-state index contributed by atoms with van der Waals surface area (Å²) >= 11 is 0. The lowest BCUT2D eigenvalue weighted by Gasteiger charge is -2.09. The number of nitrogens with two attached hydrogens (primary N) is 1. The maximum atomic E-state index is 12.3. The minimum absolute atomic E-state index is 0.0189. The van der Waals surface area contributed by atoms with Gasteiger partial charge in [0.1, 0.15) is 18.1 Å². The number of amides is 1. The number of sulfonamides is 1. The second kappa shape index (κ2) is 10.9. The van der Waals surface area contributed by atoms with E-state index >= 15 is 0 Å². The van der Waals surface area contributed by atoms with E-state index in [9.17, 15) is 18.0 Å². The molecule has 1 heterocycles. The van der Waals surface area contributed by atoms with Crippen molar-refractivity contribution in [3.63, 3.8) is 0 Å². The van der Waals surface area contributed by atoms with Gasteiger partial charge in [-0.05, 0) is 56.2 Å². The Bertz CT molecular complexity index is 1250. The molecule has 180 valence electrons. The van der Waals surface area contributed by atoms with E-state index in [4.69, 9.17) is 19.1 Å². The molecule has 0 aliphatic rings. The van der Waals surface area contributed by atoms with Crippen LogP contribution >= 0.6 is 0 Å². The van der Waals surface area contributed by atoms with Gasteiger partial charge < -0.3 is 19.3 Å². The van der Waals surface area contributed by atoms with Crippen LogP contribution in [-0.4, -0.2) is 38.6 Å². The highest BCUT2D eigenvalue weighted by Crippen LogP contribution is 2.19. The molecule has 0 fully saturated rings. The summed E-state index contributed by atoms with van der Waals surface area (Å²) in [7, 11) is -3.74. The molecular formula is C23H25N3O7S. The average Bonchev–Trinajstić information content (AvgIpc) is 3.13. The van der Waals surface area contributed by atoms with E-state index in [0.717, 1.165) is 16.8 Å². The highest BCUT2D eigenvalue weighted by atomic mass is 32.2. The van der Waals surface area contributed by atoms with Crippen LogP contribution in [-0.2, 0) is 32.6 Å². The standard InChI is InChI=1S/C23H25N3O7S/c1-15-21(16(2)33-26-15)13-31-19-5-3-4-18(12-19)23(28)32-14-22(27)25-11-10-17-6-8-20(9-7-17)34(24,29)30/h3-9,12H,10-11,13-14H2,1-2H3,(H,25,27)(H2,24,29,30). The van der Waals surface area contributed by atoms with Crippen molar-refractivity contribution in [3.05, 3.63) is 76.7 Å². The molecule has 0 unspecified atom stereocenters. The lowest BCUT2D eigenvalue weighted by atomic mass is 10.1. The normalized spacial score (nSPS) is 11.1. The molecule has 0 bridgehead atoms. The quantitative estimate of drug-likeness (QED) is 0.412. The van der Waals surface area contributed by atoms with Gasteiger partial charge in [-0.2, -0.15) is 0 Å². The van der Waals surface area contributed by atoms with E-state index < -0.39 is 28.5 Å². The molecule has 2 aromatic carbocycles. The zero-order valence-corrected chi connectivity index (χ0v) is 19.6. The molecule has 0 saturated heterocycles. The van der Waals surface area contributed by atoms with Gasteiger partial charge >= 0.3 is 5.97 Å². The third-order valence-electron chi connectivity index (χ3n) is 4.96. The van der Waals surface area contributed by atoms with Crippen LogP contribution in [0.15, 0.2) is 57.9 Å². The summed E-state index contributed by atoms with van der Waals surface area (Å²) in [5.74, 6) is 0.0174. The molecule has 11 heteroatoms. The average molecular weight is 488 g/mol. The first-order valence-corrected chi connectivity index (χ1v) is 11.9. The molecule has 3 N–H and O–H groups in total. The summed E-state index contributed by atoms with van der Waals surface area (Å²) < 4.78 is 38.4. The summed E-state index contributed by atoms with van der Waals surface area (Å²) in [4.78, 5) is 24.3. The van der Waals surface area contributed by atoms with Crippen molar-refractivity contribution in [2.24, 2.45) is 5.14 Å². The number of benzene rings is 2. The Morgan fingerprint density at radius 3 is 2.50 bits per heavy atom. The molecule has 10 nitrogen and oxygen atoms in total. The molecule has 1 aromatic heterocycles. The third-order valence-corrected chi connectivity index (χ3v) is 5.89. The van der Waals surface area contributed by atoms with E-state index in [0.29, 0.717) is 17.9 Å². The summed E-state index contributed by atoms with van der Waals surface area (Å²) in [5, 5.41) is 11.6. The summed E-state index contributed by atoms with van der Waals surface area (Å²) in [6.45, 7) is 3.70. The number of aryl methyl sites for hydroxylation is 2.